The van der Waals surface area contributed by atoms with Crippen LogP contribution in [-0.2, 0) is 21.4 Å². The predicted octanol–water partition coefficient (Wildman–Crippen LogP) is 4.78. The van der Waals surface area contributed by atoms with Crippen molar-refractivity contribution in [1.29, 1.82) is 0 Å². The summed E-state index contributed by atoms with van der Waals surface area (Å²) in [6.45, 7) is 4.47. The van der Waals surface area contributed by atoms with Crippen LogP contribution in [0.25, 0.3) is 0 Å². The van der Waals surface area contributed by atoms with E-state index in [9.17, 15) is 4.79 Å². The van der Waals surface area contributed by atoms with Crippen LogP contribution >= 0.6 is 0 Å². The Kier molecular flexibility index (Phi) is 4.18. The first-order valence-electron chi connectivity index (χ1n) is 13.7. The molecule has 9 rings (SSSR count). The second-order valence-electron chi connectivity index (χ2n) is 12.1. The average molecular weight is 483 g/mol. The molecule has 2 aromatic carbocycles. The van der Waals surface area contributed by atoms with Gasteiger partial charge in [-0.25, -0.2) is 0 Å². The van der Waals surface area contributed by atoms with Gasteiger partial charge < -0.3 is 14.8 Å². The van der Waals surface area contributed by atoms with Crippen LogP contribution in [0.5, 0.6) is 5.75 Å². The van der Waals surface area contributed by atoms with Crippen molar-refractivity contribution in [2.24, 2.45) is 11.3 Å². The van der Waals surface area contributed by atoms with Gasteiger partial charge in [0.15, 0.2) is 0 Å². The number of ether oxygens (including phenoxy) is 2. The zero-order valence-corrected chi connectivity index (χ0v) is 21.2. The number of para-hydroxylation sites is 1. The second kappa shape index (κ2) is 7.02. The van der Waals surface area contributed by atoms with Gasteiger partial charge in [0.05, 0.1) is 5.41 Å². The minimum Gasteiger partial charge on any atom is -0.485 e. The van der Waals surface area contributed by atoms with Crippen LogP contribution in [0.1, 0.15) is 48.8 Å². The summed E-state index contributed by atoms with van der Waals surface area (Å²) in [5.74, 6) is 1.86. The largest absolute Gasteiger partial charge is 0.485 e. The fourth-order valence-corrected chi connectivity index (χ4v) is 8.98. The van der Waals surface area contributed by atoms with E-state index in [-0.39, 0.29) is 22.8 Å². The highest BCUT2D eigenvalue weighted by atomic mass is 16.6. The fraction of sp³-hybridized carbons (Fsp3) is 0.516. The zero-order valence-electron chi connectivity index (χ0n) is 21.2. The number of rotatable bonds is 5. The van der Waals surface area contributed by atoms with Crippen molar-refractivity contribution in [3.05, 3.63) is 70.8 Å². The van der Waals surface area contributed by atoms with Crippen LogP contribution in [0.4, 0.5) is 5.69 Å². The number of anilines is 1. The Balaban J connectivity index is 1.34. The molecule has 0 radical (unpaired) electrons. The van der Waals surface area contributed by atoms with Gasteiger partial charge in [0.2, 0.25) is 0 Å². The number of carbonyl (C=O) groups is 1. The van der Waals surface area contributed by atoms with Gasteiger partial charge in [0.1, 0.15) is 17.5 Å². The fourth-order valence-electron chi connectivity index (χ4n) is 8.98. The molecule has 5 nitrogen and oxygen atoms in total. The van der Waals surface area contributed by atoms with Crippen LogP contribution in [0.2, 0.25) is 0 Å². The minimum atomic E-state index is -0.746. The number of carbonyl (C=O) groups excluding carboxylic acids is 1. The maximum atomic E-state index is 14.0. The van der Waals surface area contributed by atoms with Crippen molar-refractivity contribution in [3.8, 4) is 5.75 Å². The molecule has 5 heteroatoms. The van der Waals surface area contributed by atoms with Crippen LogP contribution in [0, 0.1) is 18.3 Å². The molecule has 2 aromatic rings. The minimum absolute atomic E-state index is 0.0501. The normalized spacial score (nSPS) is 37.2. The Morgan fingerprint density at radius 2 is 1.97 bits per heavy atom. The molecule has 5 atom stereocenters. The molecule has 1 saturated heterocycles. The Morgan fingerprint density at radius 3 is 2.75 bits per heavy atom. The highest BCUT2D eigenvalue weighted by Gasteiger charge is 2.79. The van der Waals surface area contributed by atoms with Gasteiger partial charge >= 0.3 is 0 Å². The van der Waals surface area contributed by atoms with Crippen LogP contribution in [0.3, 0.4) is 0 Å². The number of likely N-dealkylation sites (tertiary alicyclic amines) is 1. The predicted molar refractivity (Wildman–Crippen MR) is 138 cm³/mol. The topological polar surface area (TPSA) is 50.8 Å². The van der Waals surface area contributed by atoms with E-state index >= 15 is 0 Å². The lowest BCUT2D eigenvalue weighted by Gasteiger charge is -2.70. The second-order valence-corrected chi connectivity index (χ2v) is 12.1. The van der Waals surface area contributed by atoms with Gasteiger partial charge in [0.25, 0.3) is 5.91 Å². The highest BCUT2D eigenvalue weighted by molar-refractivity contribution is 6.06. The molecule has 1 amide bonds. The molecule has 1 N–H and O–H groups in total. The van der Waals surface area contributed by atoms with Gasteiger partial charge in [-0.2, -0.15) is 0 Å². The van der Waals surface area contributed by atoms with E-state index in [1.54, 1.807) is 7.11 Å². The summed E-state index contributed by atoms with van der Waals surface area (Å²) < 4.78 is 13.5. The highest BCUT2D eigenvalue weighted by Crippen LogP contribution is 2.74. The molecular formula is C31H34N2O3. The third kappa shape index (κ3) is 2.42. The standard InChI is InChI=1S/C31H34N2O3/c1-19-8-11-21-16-24-29-12-13-31(35-2,23(17-29)27(34)32-22-6-4-3-5-7-22)28-30(29,25(21)26(19)36-28)14-15-33(24)18-20-9-10-20/h3-8,11,17,20,24,28H,9-10,12-16,18H2,1-2H3,(H,32,34)/t24-,28-,29-,30+,31-/m1/s1. The van der Waals surface area contributed by atoms with Crippen molar-refractivity contribution in [2.75, 3.05) is 25.5 Å². The lowest BCUT2D eigenvalue weighted by molar-refractivity contribution is -0.196. The SMILES string of the molecule is CO[C@]12CC[C@@]3(C=C1C(=O)Nc1ccccc1)[C@H]1Cc4ccc(C)c5c4[C@@]3(CCN1CC1CC1)[C@H]2O5. The van der Waals surface area contributed by atoms with E-state index in [1.807, 2.05) is 30.3 Å². The van der Waals surface area contributed by atoms with Crippen molar-refractivity contribution >= 4 is 11.6 Å². The molecule has 4 bridgehead atoms. The van der Waals surface area contributed by atoms with Gasteiger partial charge in [-0.3, -0.25) is 9.69 Å². The number of nitrogens with zero attached hydrogens (tertiary/aromatic N) is 1. The maximum Gasteiger partial charge on any atom is 0.254 e. The van der Waals surface area contributed by atoms with E-state index in [2.05, 4.69) is 35.3 Å². The Bertz CT molecular complexity index is 1320. The maximum absolute atomic E-state index is 14.0. The lowest BCUT2D eigenvalue weighted by atomic mass is 9.37. The molecule has 0 unspecified atom stereocenters. The summed E-state index contributed by atoms with van der Waals surface area (Å²) in [5, 5.41) is 3.19. The average Bonchev–Trinajstić information content (AvgIpc) is 3.64. The Labute approximate surface area is 212 Å². The van der Waals surface area contributed by atoms with Crippen molar-refractivity contribution < 1.29 is 14.3 Å². The number of fused-ring (bicyclic) bond motifs is 1. The van der Waals surface area contributed by atoms with E-state index in [0.717, 1.165) is 55.2 Å². The lowest BCUT2D eigenvalue weighted by Crippen LogP contribution is -2.78. The van der Waals surface area contributed by atoms with E-state index in [0.29, 0.717) is 6.04 Å². The number of hydrogen-bond acceptors (Lipinski definition) is 4. The van der Waals surface area contributed by atoms with Crippen molar-refractivity contribution in [1.82, 2.24) is 4.90 Å². The smallest absolute Gasteiger partial charge is 0.254 e. The first kappa shape index (κ1) is 21.5. The van der Waals surface area contributed by atoms with Crippen LogP contribution in [-0.4, -0.2) is 48.8 Å². The van der Waals surface area contributed by atoms with Gasteiger partial charge in [0, 0.05) is 41.9 Å². The molecule has 2 saturated carbocycles. The van der Waals surface area contributed by atoms with Gasteiger partial charge in [-0.15, -0.1) is 0 Å². The number of amides is 1. The summed E-state index contributed by atoms with van der Waals surface area (Å²) in [6, 6.07) is 14.8. The Hall–Kier alpha value is -2.63. The molecule has 2 heterocycles. The third-order valence-electron chi connectivity index (χ3n) is 10.7. The van der Waals surface area contributed by atoms with Gasteiger partial charge in [-0.05, 0) is 81.2 Å². The molecule has 5 aliphatic carbocycles. The number of methoxy groups -OCH3 is 1. The molecule has 0 aromatic heterocycles. The number of benzene rings is 2. The Morgan fingerprint density at radius 1 is 1.14 bits per heavy atom. The zero-order chi connectivity index (χ0) is 24.3. The third-order valence-corrected chi connectivity index (χ3v) is 10.7. The number of aryl methyl sites for hydroxylation is 1. The molecular weight excluding hydrogens is 448 g/mol. The molecule has 7 aliphatic rings. The van der Waals surface area contributed by atoms with Crippen molar-refractivity contribution in [2.45, 2.75) is 68.6 Å². The first-order chi connectivity index (χ1) is 17.5. The first-order valence-corrected chi connectivity index (χ1v) is 13.7. The number of nitrogens with one attached hydrogen (secondary N) is 1. The van der Waals surface area contributed by atoms with Gasteiger partial charge in [-0.1, -0.05) is 36.4 Å². The molecule has 2 spiro atoms. The molecule has 186 valence electrons. The number of piperidine rings is 1. The quantitative estimate of drug-likeness (QED) is 0.667. The number of hydrogen-bond donors (Lipinski definition) is 1. The van der Waals surface area contributed by atoms with Crippen LogP contribution < -0.4 is 10.1 Å². The summed E-state index contributed by atoms with van der Waals surface area (Å²) in [5.41, 5.74) is 4.70. The summed E-state index contributed by atoms with van der Waals surface area (Å²) >= 11 is 0. The van der Waals surface area contributed by atoms with E-state index in [1.165, 1.54) is 36.1 Å². The summed E-state index contributed by atoms with van der Waals surface area (Å²) in [4.78, 5) is 16.8. The monoisotopic (exact) mass is 482 g/mol. The van der Waals surface area contributed by atoms with E-state index < -0.39 is 5.60 Å². The molecule has 3 fully saturated rings. The van der Waals surface area contributed by atoms with E-state index in [4.69, 9.17) is 9.47 Å². The van der Waals surface area contributed by atoms with Crippen molar-refractivity contribution in [3.63, 3.8) is 0 Å². The summed E-state index contributed by atoms with van der Waals surface area (Å²) in [7, 11) is 1.78. The summed E-state index contributed by atoms with van der Waals surface area (Å²) in [6.07, 6.45) is 8.91. The van der Waals surface area contributed by atoms with Crippen LogP contribution in [0.15, 0.2) is 54.1 Å². The molecule has 2 aliphatic heterocycles. The molecule has 36 heavy (non-hydrogen) atoms.